The van der Waals surface area contributed by atoms with E-state index in [0.717, 1.165) is 11.8 Å². The molecule has 2 aliphatic carbocycles. The molecule has 2 saturated carbocycles. The van der Waals surface area contributed by atoms with Crippen LogP contribution >= 0.6 is 0 Å². The molecule has 2 nitrogen and oxygen atoms in total. The van der Waals surface area contributed by atoms with Gasteiger partial charge in [0.2, 0.25) is 0 Å². The van der Waals surface area contributed by atoms with E-state index in [-0.39, 0.29) is 17.7 Å². The predicted molar refractivity (Wildman–Crippen MR) is 174 cm³/mol. The van der Waals surface area contributed by atoms with Crippen molar-refractivity contribution in [3.8, 4) is 5.69 Å². The van der Waals surface area contributed by atoms with Gasteiger partial charge in [-0.15, -0.1) is 0 Å². The highest BCUT2D eigenvalue weighted by Crippen LogP contribution is 2.64. The van der Waals surface area contributed by atoms with Crippen LogP contribution in [0.15, 0.2) is 66.7 Å². The molecule has 0 radical (unpaired) electrons. The van der Waals surface area contributed by atoms with E-state index < -0.39 is 0 Å². The third kappa shape index (κ3) is 2.52. The summed E-state index contributed by atoms with van der Waals surface area (Å²) in [6.45, 7) is 10.0. The molecular weight excluding hydrogens is 495 g/mol. The molecule has 0 amide bonds. The molecule has 41 heavy (non-hydrogen) atoms. The molecule has 5 aromatic rings. The number of anilines is 2. The summed E-state index contributed by atoms with van der Waals surface area (Å²) >= 11 is 0. The van der Waals surface area contributed by atoms with Crippen molar-refractivity contribution in [2.75, 3.05) is 4.90 Å². The quantitative estimate of drug-likeness (QED) is 0.186. The van der Waals surface area contributed by atoms with E-state index in [2.05, 4.69) is 104 Å². The van der Waals surface area contributed by atoms with Crippen molar-refractivity contribution in [1.29, 1.82) is 0 Å². The van der Waals surface area contributed by atoms with Crippen LogP contribution in [0.2, 0.25) is 0 Å². The van der Waals surface area contributed by atoms with E-state index in [1.54, 1.807) is 11.3 Å². The van der Waals surface area contributed by atoms with Crippen molar-refractivity contribution in [1.82, 2.24) is 4.57 Å². The fourth-order valence-electron chi connectivity index (χ4n) is 10.8. The molecule has 4 heterocycles. The highest BCUT2D eigenvalue weighted by molar-refractivity contribution is 7.00. The highest BCUT2D eigenvalue weighted by atomic mass is 15.3. The molecule has 10 rings (SSSR count). The molecule has 0 N–H and O–H groups in total. The van der Waals surface area contributed by atoms with Gasteiger partial charge in [0.25, 0.3) is 6.71 Å². The fraction of sp³-hybridized carbons (Fsp3) is 0.368. The molecule has 202 valence electrons. The van der Waals surface area contributed by atoms with Crippen LogP contribution in [-0.2, 0) is 5.41 Å². The lowest BCUT2D eigenvalue weighted by atomic mass is 9.33. The molecule has 3 heteroatoms. The zero-order valence-corrected chi connectivity index (χ0v) is 24.7. The van der Waals surface area contributed by atoms with Gasteiger partial charge in [0.15, 0.2) is 0 Å². The van der Waals surface area contributed by atoms with Crippen molar-refractivity contribution in [2.24, 2.45) is 11.8 Å². The molecule has 4 aromatic carbocycles. The number of benzene rings is 4. The van der Waals surface area contributed by atoms with E-state index in [0.29, 0.717) is 0 Å². The number of aromatic nitrogens is 1. The van der Waals surface area contributed by atoms with Gasteiger partial charge in [-0.3, -0.25) is 0 Å². The first-order valence-electron chi connectivity index (χ1n) is 16.0. The number of para-hydroxylation sites is 1. The minimum atomic E-state index is 0.0854. The highest BCUT2D eigenvalue weighted by Gasteiger charge is 2.63. The van der Waals surface area contributed by atoms with Crippen molar-refractivity contribution < 1.29 is 0 Å². The first kappa shape index (κ1) is 23.1. The average Bonchev–Trinajstić information content (AvgIpc) is 3.38. The normalized spacial score (nSPS) is 28.5. The Kier molecular flexibility index (Phi) is 4.12. The van der Waals surface area contributed by atoms with E-state index in [1.165, 1.54) is 99.2 Å². The number of nitrogens with zero attached hydrogens (tertiary/aromatic N) is 2. The van der Waals surface area contributed by atoms with Crippen LogP contribution < -0.4 is 21.3 Å². The number of aryl methyl sites for hydroxylation is 2. The summed E-state index contributed by atoms with van der Waals surface area (Å²) in [6, 6.07) is 26.6. The third-order valence-corrected chi connectivity index (χ3v) is 12.6. The maximum Gasteiger partial charge on any atom is 0.252 e. The number of hydrogen-bond donors (Lipinski definition) is 0. The zero-order chi connectivity index (χ0) is 27.4. The summed E-state index contributed by atoms with van der Waals surface area (Å²) < 4.78 is 2.61. The molecule has 0 saturated heterocycles. The minimum absolute atomic E-state index is 0.0854. The Hall–Kier alpha value is -3.46. The molecule has 4 atom stereocenters. The molecule has 4 unspecified atom stereocenters. The fourth-order valence-corrected chi connectivity index (χ4v) is 10.8. The maximum absolute atomic E-state index is 2.88. The van der Waals surface area contributed by atoms with Crippen LogP contribution in [0.3, 0.4) is 0 Å². The summed E-state index contributed by atoms with van der Waals surface area (Å²) in [5.74, 6) is 1.74. The van der Waals surface area contributed by atoms with E-state index >= 15 is 0 Å². The average molecular weight is 533 g/mol. The lowest BCUT2D eigenvalue weighted by molar-refractivity contribution is 0.0581. The van der Waals surface area contributed by atoms with Crippen molar-refractivity contribution in [3.63, 3.8) is 0 Å². The summed E-state index contributed by atoms with van der Waals surface area (Å²) in [5.41, 5.74) is 16.2. The summed E-state index contributed by atoms with van der Waals surface area (Å²) in [6.07, 6.45) is 8.33. The Morgan fingerprint density at radius 3 is 2.37 bits per heavy atom. The molecule has 3 aliphatic heterocycles. The maximum atomic E-state index is 2.88. The van der Waals surface area contributed by atoms with Gasteiger partial charge in [0.1, 0.15) is 0 Å². The van der Waals surface area contributed by atoms with Crippen LogP contribution in [0.1, 0.15) is 69.1 Å². The van der Waals surface area contributed by atoms with Gasteiger partial charge < -0.3 is 9.47 Å². The third-order valence-electron chi connectivity index (χ3n) is 12.6. The topological polar surface area (TPSA) is 8.17 Å². The Balaban J connectivity index is 1.34. The van der Waals surface area contributed by atoms with E-state index in [9.17, 15) is 0 Å². The number of hydrogen-bond acceptors (Lipinski definition) is 1. The van der Waals surface area contributed by atoms with Crippen molar-refractivity contribution >= 4 is 56.3 Å². The molecule has 0 bridgehead atoms. The standard InChI is InChI=1S/C38H37BN2/c1-22-15-16-31-26(17-22)27-18-23(2)19-30-35(27)40(31)32-13-8-14-33-34(32)39(30)29-12-7-11-28-36(29)41(33)38(4)21-25-10-6-5-9-24(25)20-37(28,38)3/h7-8,11-19,24-25H,5-6,9-10,20-21H2,1-4H3. The summed E-state index contributed by atoms with van der Waals surface area (Å²) in [7, 11) is 0. The van der Waals surface area contributed by atoms with Crippen LogP contribution in [-0.4, -0.2) is 16.8 Å². The molecule has 0 spiro atoms. The van der Waals surface area contributed by atoms with E-state index in [1.807, 2.05) is 0 Å². The van der Waals surface area contributed by atoms with Gasteiger partial charge >= 0.3 is 0 Å². The summed E-state index contributed by atoms with van der Waals surface area (Å²) in [5, 5.41) is 2.79. The van der Waals surface area contributed by atoms with Crippen molar-refractivity contribution in [2.45, 2.75) is 77.2 Å². The first-order chi connectivity index (χ1) is 19.9. The Morgan fingerprint density at radius 2 is 1.51 bits per heavy atom. The van der Waals surface area contributed by atoms with Gasteiger partial charge in [-0.25, -0.2) is 0 Å². The lowest BCUT2D eigenvalue weighted by Crippen LogP contribution is -2.65. The van der Waals surface area contributed by atoms with Gasteiger partial charge in [0, 0.05) is 38.8 Å². The van der Waals surface area contributed by atoms with Crippen molar-refractivity contribution in [3.05, 3.63) is 83.4 Å². The Bertz CT molecular complexity index is 2000. The molecule has 5 aliphatic rings. The molecule has 2 fully saturated rings. The molecular formula is C38H37BN2. The van der Waals surface area contributed by atoms with Gasteiger partial charge in [-0.1, -0.05) is 80.1 Å². The van der Waals surface area contributed by atoms with Crippen LogP contribution in [0.25, 0.3) is 27.5 Å². The first-order valence-corrected chi connectivity index (χ1v) is 16.0. The smallest absolute Gasteiger partial charge is 0.252 e. The van der Waals surface area contributed by atoms with Gasteiger partial charge in [-0.05, 0) is 97.7 Å². The second-order valence-corrected chi connectivity index (χ2v) is 14.6. The van der Waals surface area contributed by atoms with Gasteiger partial charge in [0.05, 0.1) is 11.1 Å². The van der Waals surface area contributed by atoms with Gasteiger partial charge in [-0.2, -0.15) is 0 Å². The number of rotatable bonds is 0. The Morgan fingerprint density at radius 1 is 0.756 bits per heavy atom. The number of fused-ring (bicyclic) bond motifs is 11. The predicted octanol–water partition coefficient (Wildman–Crippen LogP) is 7.31. The Labute approximate surface area is 243 Å². The lowest BCUT2D eigenvalue weighted by Gasteiger charge is -2.57. The second-order valence-electron chi connectivity index (χ2n) is 14.6. The van der Waals surface area contributed by atoms with Crippen LogP contribution in [0, 0.1) is 25.7 Å². The molecule has 1 aromatic heterocycles. The largest absolute Gasteiger partial charge is 0.335 e. The van der Waals surface area contributed by atoms with Crippen LogP contribution in [0.5, 0.6) is 0 Å². The minimum Gasteiger partial charge on any atom is -0.335 e. The zero-order valence-electron chi connectivity index (χ0n) is 24.7. The van der Waals surface area contributed by atoms with E-state index in [4.69, 9.17) is 0 Å². The van der Waals surface area contributed by atoms with Crippen LogP contribution in [0.4, 0.5) is 11.4 Å². The summed E-state index contributed by atoms with van der Waals surface area (Å²) in [4.78, 5) is 2.88. The SMILES string of the molecule is Cc1ccc2c(c1)c1cc(C)cc3c1n2-c1cccc2c1B3c1cccc3c1N2C1(C)CC2CCCCC2CC31C. The second kappa shape index (κ2) is 7.30. The monoisotopic (exact) mass is 532 g/mol.